The Kier molecular flexibility index (Phi) is 2.44. The van der Waals surface area contributed by atoms with Crippen molar-refractivity contribution >= 4 is 5.97 Å². The predicted molar refractivity (Wildman–Crippen MR) is 53.8 cm³/mol. The van der Waals surface area contributed by atoms with Crippen molar-refractivity contribution in [3.63, 3.8) is 0 Å². The molecule has 0 spiro atoms. The molecule has 15 heavy (non-hydrogen) atoms. The number of hydrogen-bond donors (Lipinski definition) is 1. The third-order valence-corrected chi connectivity index (χ3v) is 2.54. The molecule has 0 bridgehead atoms. The van der Waals surface area contributed by atoms with Gasteiger partial charge in [0.1, 0.15) is 0 Å². The van der Waals surface area contributed by atoms with E-state index in [-0.39, 0.29) is 5.92 Å². The van der Waals surface area contributed by atoms with Crippen molar-refractivity contribution in [1.82, 2.24) is 4.98 Å². The Hall–Kier alpha value is -1.42. The number of aromatic carboxylic acids is 1. The number of carboxylic acids is 1. The maximum Gasteiger partial charge on any atom is 0.336 e. The molecule has 0 radical (unpaired) electrons. The van der Waals surface area contributed by atoms with E-state index < -0.39 is 5.97 Å². The van der Waals surface area contributed by atoms with Crippen LogP contribution >= 0.6 is 0 Å². The SMILES string of the molecule is CC(C)c1cc(C(=O)O)c2c(n1)COC2. The number of aromatic nitrogens is 1. The minimum Gasteiger partial charge on any atom is -0.478 e. The van der Waals surface area contributed by atoms with Gasteiger partial charge in [-0.15, -0.1) is 0 Å². The topological polar surface area (TPSA) is 59.4 Å². The lowest BCUT2D eigenvalue weighted by Crippen LogP contribution is -2.07. The molecule has 4 heteroatoms. The fraction of sp³-hybridized carbons (Fsp3) is 0.455. The summed E-state index contributed by atoms with van der Waals surface area (Å²) >= 11 is 0. The van der Waals surface area contributed by atoms with Gasteiger partial charge in [-0.1, -0.05) is 13.8 Å². The molecule has 0 aliphatic carbocycles. The van der Waals surface area contributed by atoms with E-state index in [0.717, 1.165) is 17.0 Å². The second-order valence-electron chi connectivity index (χ2n) is 3.97. The zero-order valence-corrected chi connectivity index (χ0v) is 8.78. The Morgan fingerprint density at radius 1 is 1.53 bits per heavy atom. The summed E-state index contributed by atoms with van der Waals surface area (Å²) in [4.78, 5) is 15.5. The van der Waals surface area contributed by atoms with Crippen LogP contribution in [0.3, 0.4) is 0 Å². The average molecular weight is 207 g/mol. The molecule has 0 aromatic carbocycles. The van der Waals surface area contributed by atoms with Gasteiger partial charge in [0.2, 0.25) is 0 Å². The van der Waals surface area contributed by atoms with Gasteiger partial charge in [0.15, 0.2) is 0 Å². The smallest absolute Gasteiger partial charge is 0.336 e. The summed E-state index contributed by atoms with van der Waals surface area (Å²) in [5.74, 6) is -0.671. The van der Waals surface area contributed by atoms with Crippen LogP contribution in [0, 0.1) is 0 Å². The van der Waals surface area contributed by atoms with Crippen LogP contribution in [0.15, 0.2) is 6.07 Å². The molecule has 0 atom stereocenters. The van der Waals surface area contributed by atoms with Crippen LogP contribution in [0.1, 0.15) is 47.1 Å². The maximum atomic E-state index is 11.1. The number of hydrogen-bond acceptors (Lipinski definition) is 3. The normalized spacial score (nSPS) is 14.3. The lowest BCUT2D eigenvalue weighted by Gasteiger charge is -2.09. The van der Waals surface area contributed by atoms with Gasteiger partial charge in [0.25, 0.3) is 0 Å². The molecule has 0 saturated carbocycles. The molecule has 2 heterocycles. The van der Waals surface area contributed by atoms with E-state index in [4.69, 9.17) is 9.84 Å². The Bertz CT molecular complexity index is 413. The highest BCUT2D eigenvalue weighted by molar-refractivity contribution is 5.89. The number of fused-ring (bicyclic) bond motifs is 1. The van der Waals surface area contributed by atoms with Gasteiger partial charge in [-0.3, -0.25) is 4.98 Å². The second kappa shape index (κ2) is 3.62. The van der Waals surface area contributed by atoms with Gasteiger partial charge in [-0.05, 0) is 12.0 Å². The van der Waals surface area contributed by atoms with Crippen molar-refractivity contribution in [3.8, 4) is 0 Å². The van der Waals surface area contributed by atoms with Crippen molar-refractivity contribution < 1.29 is 14.6 Å². The van der Waals surface area contributed by atoms with Crippen LogP contribution in [0.4, 0.5) is 0 Å². The quantitative estimate of drug-likeness (QED) is 0.805. The molecule has 0 fully saturated rings. The number of pyridine rings is 1. The third-order valence-electron chi connectivity index (χ3n) is 2.54. The summed E-state index contributed by atoms with van der Waals surface area (Å²) in [6.07, 6.45) is 0. The Morgan fingerprint density at radius 3 is 2.87 bits per heavy atom. The first-order chi connectivity index (χ1) is 7.09. The van der Waals surface area contributed by atoms with E-state index >= 15 is 0 Å². The number of ether oxygens (including phenoxy) is 1. The Labute approximate surface area is 87.9 Å². The second-order valence-corrected chi connectivity index (χ2v) is 3.97. The number of nitrogens with zero attached hydrogens (tertiary/aromatic N) is 1. The average Bonchev–Trinajstić information content (AvgIpc) is 2.62. The lowest BCUT2D eigenvalue weighted by molar-refractivity contribution is 0.0692. The zero-order chi connectivity index (χ0) is 11.0. The van der Waals surface area contributed by atoms with Crippen molar-refractivity contribution in [3.05, 3.63) is 28.6 Å². The molecule has 4 nitrogen and oxygen atoms in total. The van der Waals surface area contributed by atoms with Gasteiger partial charge < -0.3 is 9.84 Å². The van der Waals surface area contributed by atoms with E-state index in [1.54, 1.807) is 6.07 Å². The molecule has 0 amide bonds. The zero-order valence-electron chi connectivity index (χ0n) is 8.78. The summed E-state index contributed by atoms with van der Waals surface area (Å²) in [6, 6.07) is 1.65. The molecule has 1 N–H and O–H groups in total. The van der Waals surface area contributed by atoms with E-state index in [2.05, 4.69) is 4.98 Å². The van der Waals surface area contributed by atoms with Crippen molar-refractivity contribution in [1.29, 1.82) is 0 Å². The Morgan fingerprint density at radius 2 is 2.27 bits per heavy atom. The molecule has 80 valence electrons. The van der Waals surface area contributed by atoms with Crippen LogP contribution in [0.2, 0.25) is 0 Å². The molecule has 1 aromatic heterocycles. The first-order valence-corrected chi connectivity index (χ1v) is 4.93. The fourth-order valence-corrected chi connectivity index (χ4v) is 1.66. The van der Waals surface area contributed by atoms with Crippen molar-refractivity contribution in [2.45, 2.75) is 33.0 Å². The van der Waals surface area contributed by atoms with Crippen molar-refractivity contribution in [2.75, 3.05) is 0 Å². The van der Waals surface area contributed by atoms with Gasteiger partial charge in [0, 0.05) is 11.3 Å². The van der Waals surface area contributed by atoms with Crippen molar-refractivity contribution in [2.24, 2.45) is 0 Å². The molecule has 2 rings (SSSR count). The minimum absolute atomic E-state index is 0.231. The molecule has 1 aliphatic rings. The highest BCUT2D eigenvalue weighted by Crippen LogP contribution is 2.25. The number of rotatable bonds is 2. The van der Waals surface area contributed by atoms with Crippen LogP contribution in [-0.2, 0) is 18.0 Å². The molecule has 1 aliphatic heterocycles. The fourth-order valence-electron chi connectivity index (χ4n) is 1.66. The van der Waals surface area contributed by atoms with Crippen LogP contribution < -0.4 is 0 Å². The monoisotopic (exact) mass is 207 g/mol. The first kappa shape index (κ1) is 10.1. The van der Waals surface area contributed by atoms with E-state index in [1.807, 2.05) is 13.8 Å². The summed E-state index contributed by atoms with van der Waals surface area (Å²) in [7, 11) is 0. The van der Waals surface area contributed by atoms with E-state index in [1.165, 1.54) is 0 Å². The van der Waals surface area contributed by atoms with E-state index in [9.17, 15) is 4.79 Å². The summed E-state index contributed by atoms with van der Waals surface area (Å²) < 4.78 is 5.21. The number of carbonyl (C=O) groups is 1. The highest BCUT2D eigenvalue weighted by atomic mass is 16.5. The van der Waals surface area contributed by atoms with E-state index in [0.29, 0.717) is 18.8 Å². The molecule has 0 saturated heterocycles. The van der Waals surface area contributed by atoms with Crippen LogP contribution in [0.25, 0.3) is 0 Å². The van der Waals surface area contributed by atoms with Gasteiger partial charge in [0.05, 0.1) is 24.5 Å². The predicted octanol–water partition coefficient (Wildman–Crippen LogP) is 1.93. The van der Waals surface area contributed by atoms with Gasteiger partial charge in [-0.25, -0.2) is 4.79 Å². The number of carboxylic acid groups (broad SMARTS) is 1. The lowest BCUT2D eigenvalue weighted by atomic mass is 10.0. The molecular formula is C11H13NO3. The third kappa shape index (κ3) is 1.72. The summed E-state index contributed by atoms with van der Waals surface area (Å²) in [5.41, 5.74) is 2.66. The standard InChI is InChI=1S/C11H13NO3/c1-6(2)9-3-7(11(13)14)8-4-15-5-10(8)12-9/h3,6H,4-5H2,1-2H3,(H,13,14). The maximum absolute atomic E-state index is 11.1. The van der Waals surface area contributed by atoms with Crippen LogP contribution in [0.5, 0.6) is 0 Å². The Balaban J connectivity index is 2.57. The molecular weight excluding hydrogens is 194 g/mol. The van der Waals surface area contributed by atoms with Gasteiger partial charge >= 0.3 is 5.97 Å². The summed E-state index contributed by atoms with van der Waals surface area (Å²) in [5, 5.41) is 9.07. The summed E-state index contributed by atoms with van der Waals surface area (Å²) in [6.45, 7) is 4.78. The van der Waals surface area contributed by atoms with Gasteiger partial charge in [-0.2, -0.15) is 0 Å². The highest BCUT2D eigenvalue weighted by Gasteiger charge is 2.22. The molecule has 0 unspecified atom stereocenters. The minimum atomic E-state index is -0.902. The largest absolute Gasteiger partial charge is 0.478 e. The first-order valence-electron chi connectivity index (χ1n) is 4.93. The van der Waals surface area contributed by atoms with Crippen LogP contribution in [-0.4, -0.2) is 16.1 Å². The molecule has 1 aromatic rings.